The van der Waals surface area contributed by atoms with Crippen molar-refractivity contribution in [3.8, 4) is 28.7 Å². The zero-order chi connectivity index (χ0) is 35.0. The molecule has 0 saturated heterocycles. The van der Waals surface area contributed by atoms with Gasteiger partial charge in [-0.1, -0.05) is 48.2 Å². The third-order valence-corrected chi connectivity index (χ3v) is 9.11. The molecule has 2 heterocycles. The fraction of sp³-hybridized carbons (Fsp3) is 0.216. The number of methoxy groups -OCH3 is 4. The van der Waals surface area contributed by atoms with Crippen LogP contribution in [0.15, 0.2) is 107 Å². The van der Waals surface area contributed by atoms with E-state index in [0.717, 1.165) is 28.3 Å². The molecule has 0 bridgehead atoms. The van der Waals surface area contributed by atoms with Crippen LogP contribution in [0.25, 0.3) is 5.69 Å². The topological polar surface area (TPSA) is 129 Å². The highest BCUT2D eigenvalue weighted by Crippen LogP contribution is 2.35. The van der Waals surface area contributed by atoms with E-state index in [9.17, 15) is 9.59 Å². The number of thioether (sulfide) groups is 1. The molecule has 1 N–H and O–H groups in total. The summed E-state index contributed by atoms with van der Waals surface area (Å²) in [6, 6.07) is 29.4. The maximum atomic E-state index is 14.0. The maximum Gasteiger partial charge on any atom is 0.255 e. The minimum atomic E-state index is -0.328. The molecule has 0 aliphatic carbocycles. The monoisotopic (exact) mass is 692 g/mol. The first-order valence-corrected chi connectivity index (χ1v) is 16.7. The van der Waals surface area contributed by atoms with Crippen LogP contribution in [0.3, 0.4) is 0 Å². The van der Waals surface area contributed by atoms with Crippen molar-refractivity contribution in [3.63, 3.8) is 0 Å². The van der Waals surface area contributed by atoms with Gasteiger partial charge in [0.25, 0.3) is 11.8 Å². The van der Waals surface area contributed by atoms with Crippen LogP contribution in [0.2, 0.25) is 0 Å². The molecule has 0 saturated carbocycles. The first-order valence-electron chi connectivity index (χ1n) is 15.7. The molecule has 0 radical (unpaired) electrons. The summed E-state index contributed by atoms with van der Waals surface area (Å²) >= 11 is 1.22. The van der Waals surface area contributed by atoms with Crippen LogP contribution in [-0.4, -0.2) is 71.5 Å². The summed E-state index contributed by atoms with van der Waals surface area (Å²) in [7, 11) is 6.33. The van der Waals surface area contributed by atoms with E-state index in [1.807, 2.05) is 72.8 Å². The molecule has 256 valence electrons. The number of benzene rings is 4. The summed E-state index contributed by atoms with van der Waals surface area (Å²) in [4.78, 5) is 27.1. The Morgan fingerprint density at radius 2 is 1.42 bits per heavy atom. The van der Waals surface area contributed by atoms with Crippen LogP contribution in [0.1, 0.15) is 39.8 Å². The Balaban J connectivity index is 1.27. The Bertz CT molecular complexity index is 2000. The van der Waals surface area contributed by atoms with Gasteiger partial charge in [-0.3, -0.25) is 14.2 Å². The molecule has 5 aromatic rings. The van der Waals surface area contributed by atoms with Crippen molar-refractivity contribution in [1.29, 1.82) is 0 Å². The highest BCUT2D eigenvalue weighted by molar-refractivity contribution is 7.99. The highest BCUT2D eigenvalue weighted by atomic mass is 32.2. The van der Waals surface area contributed by atoms with Crippen molar-refractivity contribution >= 4 is 29.3 Å². The van der Waals surface area contributed by atoms with Crippen LogP contribution < -0.4 is 24.3 Å². The van der Waals surface area contributed by atoms with E-state index in [0.29, 0.717) is 40.2 Å². The fourth-order valence-electron chi connectivity index (χ4n) is 5.63. The Hall–Kier alpha value is -5.82. The van der Waals surface area contributed by atoms with Crippen molar-refractivity contribution in [3.05, 3.63) is 120 Å². The predicted molar refractivity (Wildman–Crippen MR) is 190 cm³/mol. The van der Waals surface area contributed by atoms with E-state index in [-0.39, 0.29) is 30.2 Å². The van der Waals surface area contributed by atoms with Crippen LogP contribution in [0.4, 0.5) is 0 Å². The fourth-order valence-corrected chi connectivity index (χ4v) is 6.44. The lowest BCUT2D eigenvalue weighted by molar-refractivity contribution is -0.130. The van der Waals surface area contributed by atoms with Crippen LogP contribution in [-0.2, 0) is 11.3 Å². The standard InChI is InChI=1S/C37H36N6O6S/c1-46-26-17-13-24(14-18-26)29-21-31(25-15-19-27(47-2)20-16-25)43(41-29)35(44)23-50-37-40-39-34(42(37)30-10-6-8-12-33(30)49-4)22-38-36(45)28-9-5-7-11-32(28)48-3/h5-20,31H,21-23H2,1-4H3,(H,38,45). The van der Waals surface area contributed by atoms with Crippen LogP contribution in [0, 0.1) is 0 Å². The van der Waals surface area contributed by atoms with E-state index in [1.54, 1.807) is 55.2 Å². The molecule has 1 aromatic heterocycles. The molecule has 1 unspecified atom stereocenters. The molecule has 13 heteroatoms. The lowest BCUT2D eigenvalue weighted by Crippen LogP contribution is -2.28. The first-order chi connectivity index (χ1) is 24.4. The van der Waals surface area contributed by atoms with Crippen molar-refractivity contribution < 1.29 is 28.5 Å². The smallest absolute Gasteiger partial charge is 0.255 e. The minimum Gasteiger partial charge on any atom is -0.497 e. The molecular weight excluding hydrogens is 657 g/mol. The van der Waals surface area contributed by atoms with Crippen LogP contribution in [0.5, 0.6) is 23.0 Å². The predicted octanol–water partition coefficient (Wildman–Crippen LogP) is 5.70. The number of nitrogens with one attached hydrogen (secondary N) is 1. The normalized spacial score (nSPS) is 13.8. The SMILES string of the molecule is COc1ccc(C2=NN(C(=O)CSc3nnc(CNC(=O)c4ccccc4OC)n3-c3ccccc3OC)C(c3ccc(OC)cc3)C2)cc1. The average Bonchev–Trinajstić information content (AvgIpc) is 3.81. The van der Waals surface area contributed by atoms with Gasteiger partial charge in [-0.25, -0.2) is 5.01 Å². The zero-order valence-electron chi connectivity index (χ0n) is 28.0. The number of carbonyl (C=O) groups excluding carboxylic acids is 2. The number of nitrogens with zero attached hydrogens (tertiary/aromatic N) is 5. The van der Waals surface area contributed by atoms with Gasteiger partial charge in [-0.15, -0.1) is 10.2 Å². The number of carbonyl (C=O) groups is 2. The largest absolute Gasteiger partial charge is 0.497 e. The Morgan fingerprint density at radius 3 is 2.10 bits per heavy atom. The third kappa shape index (κ3) is 7.27. The Kier molecular flexibility index (Phi) is 10.6. The number of hydrazone groups is 1. The maximum absolute atomic E-state index is 14.0. The molecule has 1 aliphatic heterocycles. The number of rotatable bonds is 13. The van der Waals surface area contributed by atoms with Crippen molar-refractivity contribution in [2.45, 2.75) is 24.2 Å². The van der Waals surface area contributed by atoms with Gasteiger partial charge in [0.2, 0.25) is 0 Å². The molecule has 1 aliphatic rings. The van der Waals surface area contributed by atoms with Crippen molar-refractivity contribution in [1.82, 2.24) is 25.1 Å². The van der Waals surface area contributed by atoms with Gasteiger partial charge in [0.05, 0.1) is 63.7 Å². The Morgan fingerprint density at radius 1 is 0.780 bits per heavy atom. The quantitative estimate of drug-likeness (QED) is 0.155. The number of ether oxygens (including phenoxy) is 4. The number of amides is 2. The number of aromatic nitrogens is 3. The molecule has 4 aromatic carbocycles. The molecular formula is C37H36N6O6S. The molecule has 50 heavy (non-hydrogen) atoms. The van der Waals surface area contributed by atoms with Crippen molar-refractivity contribution in [2.75, 3.05) is 34.2 Å². The Labute approximate surface area is 294 Å². The number of hydrogen-bond acceptors (Lipinski definition) is 10. The summed E-state index contributed by atoms with van der Waals surface area (Å²) in [5.74, 6) is 2.43. The van der Waals surface area contributed by atoms with Gasteiger partial charge >= 0.3 is 0 Å². The van der Waals surface area contributed by atoms with E-state index < -0.39 is 0 Å². The minimum absolute atomic E-state index is 0.0207. The van der Waals surface area contributed by atoms with Gasteiger partial charge in [0.1, 0.15) is 23.0 Å². The van der Waals surface area contributed by atoms with Crippen LogP contribution >= 0.6 is 11.8 Å². The van der Waals surface area contributed by atoms with Gasteiger partial charge in [-0.2, -0.15) is 5.10 Å². The summed E-state index contributed by atoms with van der Waals surface area (Å²) < 4.78 is 23.5. The summed E-state index contributed by atoms with van der Waals surface area (Å²) in [6.07, 6.45) is 0.530. The summed E-state index contributed by atoms with van der Waals surface area (Å²) in [6.45, 7) is 0.0532. The first kappa shape index (κ1) is 34.1. The van der Waals surface area contributed by atoms with Crippen molar-refractivity contribution in [2.24, 2.45) is 5.10 Å². The summed E-state index contributed by atoms with van der Waals surface area (Å²) in [5.41, 5.74) is 3.68. The molecule has 1 atom stereocenters. The lowest BCUT2D eigenvalue weighted by atomic mass is 9.98. The zero-order valence-corrected chi connectivity index (χ0v) is 28.8. The third-order valence-electron chi connectivity index (χ3n) is 8.20. The number of para-hydroxylation sites is 3. The number of hydrogen-bond donors (Lipinski definition) is 1. The highest BCUT2D eigenvalue weighted by Gasteiger charge is 2.33. The second-order valence-corrected chi connectivity index (χ2v) is 12.0. The van der Waals surface area contributed by atoms with Gasteiger partial charge < -0.3 is 24.3 Å². The second kappa shape index (κ2) is 15.6. The second-order valence-electron chi connectivity index (χ2n) is 11.1. The van der Waals surface area contributed by atoms with Gasteiger partial charge in [0.15, 0.2) is 11.0 Å². The van der Waals surface area contributed by atoms with E-state index in [2.05, 4.69) is 15.5 Å². The summed E-state index contributed by atoms with van der Waals surface area (Å²) in [5, 5.41) is 18.6. The van der Waals surface area contributed by atoms with Gasteiger partial charge in [0, 0.05) is 6.42 Å². The molecule has 0 spiro atoms. The molecule has 12 nitrogen and oxygen atoms in total. The molecule has 0 fully saturated rings. The average molecular weight is 693 g/mol. The lowest BCUT2D eigenvalue weighted by Gasteiger charge is -2.22. The molecule has 2 amide bonds. The molecule has 6 rings (SSSR count). The van der Waals surface area contributed by atoms with E-state index in [4.69, 9.17) is 24.0 Å². The van der Waals surface area contributed by atoms with E-state index in [1.165, 1.54) is 18.9 Å². The van der Waals surface area contributed by atoms with E-state index >= 15 is 0 Å². The van der Waals surface area contributed by atoms with Gasteiger partial charge in [-0.05, 0) is 71.8 Å².